The lowest BCUT2D eigenvalue weighted by atomic mass is 10.1. The highest BCUT2D eigenvalue weighted by Crippen LogP contribution is 2.32. The summed E-state index contributed by atoms with van der Waals surface area (Å²) in [6.07, 6.45) is -3.84. The number of aromatic nitrogens is 1. The van der Waals surface area contributed by atoms with Crippen LogP contribution in [-0.2, 0) is 6.18 Å². The molecular weight excluding hydrogens is 279 g/mol. The van der Waals surface area contributed by atoms with Gasteiger partial charge in [-0.15, -0.1) is 0 Å². The smallest absolute Gasteiger partial charge is 0.296 e. The Morgan fingerprint density at radius 2 is 1.68 bits per heavy atom. The van der Waals surface area contributed by atoms with E-state index < -0.39 is 11.7 Å². The molecule has 6 heteroatoms. The number of alkyl halides is 3. The van der Waals surface area contributed by atoms with Crippen molar-refractivity contribution in [3.05, 3.63) is 52.7 Å². The summed E-state index contributed by atoms with van der Waals surface area (Å²) >= 11 is 5.92. The molecule has 1 aromatic carbocycles. The van der Waals surface area contributed by atoms with Gasteiger partial charge in [0.1, 0.15) is 5.69 Å². The zero-order valence-electron chi connectivity index (χ0n) is 9.41. The molecule has 0 saturated heterocycles. The van der Waals surface area contributed by atoms with E-state index in [0.29, 0.717) is 11.8 Å². The fourth-order valence-corrected chi connectivity index (χ4v) is 1.76. The molecule has 0 fully saturated rings. The second-order valence-corrected chi connectivity index (χ2v) is 4.17. The normalized spacial score (nSPS) is 11.4. The number of carbonyl (C=O) groups excluding carboxylic acids is 1. The number of rotatable bonds is 2. The number of hydrogen-bond donors (Lipinski definition) is 0. The number of benzene rings is 1. The number of aldehydes is 1. The summed E-state index contributed by atoms with van der Waals surface area (Å²) in [7, 11) is 0. The van der Waals surface area contributed by atoms with E-state index in [1.165, 1.54) is 24.3 Å². The molecule has 0 saturated carbocycles. The van der Waals surface area contributed by atoms with Crippen molar-refractivity contribution in [2.75, 3.05) is 0 Å². The number of halogens is 4. The van der Waals surface area contributed by atoms with Crippen LogP contribution in [0.3, 0.4) is 0 Å². The Kier molecular flexibility index (Phi) is 3.57. The predicted octanol–water partition coefficient (Wildman–Crippen LogP) is 4.23. The molecule has 2 rings (SSSR count). The molecule has 0 amide bonds. The highest BCUT2D eigenvalue weighted by Gasteiger charge is 2.30. The van der Waals surface area contributed by atoms with Gasteiger partial charge in [-0.3, -0.25) is 4.79 Å². The molecule has 0 aliphatic rings. The van der Waals surface area contributed by atoms with E-state index in [2.05, 4.69) is 4.98 Å². The van der Waals surface area contributed by atoms with Gasteiger partial charge in [-0.1, -0.05) is 23.7 Å². The van der Waals surface area contributed by atoms with Crippen LogP contribution in [0, 0.1) is 0 Å². The third-order valence-electron chi connectivity index (χ3n) is 2.47. The second kappa shape index (κ2) is 5.01. The third-order valence-corrected chi connectivity index (χ3v) is 2.78. The zero-order valence-corrected chi connectivity index (χ0v) is 10.2. The third kappa shape index (κ3) is 2.93. The fourth-order valence-electron chi connectivity index (χ4n) is 1.54. The van der Waals surface area contributed by atoms with Gasteiger partial charge in [0.25, 0.3) is 0 Å². The molecule has 0 radical (unpaired) electrons. The summed E-state index contributed by atoms with van der Waals surface area (Å²) in [6, 6.07) is 7.34. The molecule has 1 heterocycles. The Morgan fingerprint density at radius 3 is 2.21 bits per heavy atom. The molecule has 0 aliphatic carbocycles. The predicted molar refractivity (Wildman–Crippen MR) is 65.1 cm³/mol. The van der Waals surface area contributed by atoms with Crippen molar-refractivity contribution in [1.29, 1.82) is 0 Å². The highest BCUT2D eigenvalue weighted by molar-refractivity contribution is 6.33. The monoisotopic (exact) mass is 285 g/mol. The number of nitrogens with zero attached hydrogens (tertiary/aromatic N) is 1. The Labute approximate surface area is 111 Å². The van der Waals surface area contributed by atoms with Crippen LogP contribution in [0.5, 0.6) is 0 Å². The van der Waals surface area contributed by atoms with Crippen LogP contribution in [0.2, 0.25) is 5.02 Å². The Balaban J connectivity index is 2.45. The van der Waals surface area contributed by atoms with Crippen LogP contribution in [0.25, 0.3) is 11.3 Å². The Bertz CT molecular complexity index is 608. The van der Waals surface area contributed by atoms with Crippen molar-refractivity contribution in [3.8, 4) is 11.3 Å². The first-order valence-electron chi connectivity index (χ1n) is 5.21. The van der Waals surface area contributed by atoms with E-state index in [9.17, 15) is 18.0 Å². The molecular formula is C13H7ClF3NO. The van der Waals surface area contributed by atoms with E-state index in [0.717, 1.165) is 12.1 Å². The van der Waals surface area contributed by atoms with Crippen LogP contribution in [-0.4, -0.2) is 11.3 Å². The summed E-state index contributed by atoms with van der Waals surface area (Å²) in [5.41, 5.74) is 0.111. The Morgan fingerprint density at radius 1 is 1.05 bits per heavy atom. The quantitative estimate of drug-likeness (QED) is 0.773. The lowest BCUT2D eigenvalue weighted by Gasteiger charge is -2.08. The minimum Gasteiger partial charge on any atom is -0.296 e. The minimum absolute atomic E-state index is 0.166. The van der Waals surface area contributed by atoms with Crippen LogP contribution in [0.15, 0.2) is 36.4 Å². The van der Waals surface area contributed by atoms with Crippen LogP contribution >= 0.6 is 11.6 Å². The fraction of sp³-hybridized carbons (Fsp3) is 0.0769. The SMILES string of the molecule is O=Cc1ccc(Cl)c(-c2ccc(C(F)(F)F)cc2)n1. The summed E-state index contributed by atoms with van der Waals surface area (Å²) in [5.74, 6) is 0. The van der Waals surface area contributed by atoms with Gasteiger partial charge in [-0.25, -0.2) is 4.98 Å². The van der Waals surface area contributed by atoms with Gasteiger partial charge in [0.05, 0.1) is 16.3 Å². The lowest BCUT2D eigenvalue weighted by Crippen LogP contribution is -2.04. The molecule has 0 spiro atoms. The van der Waals surface area contributed by atoms with E-state index in [1.807, 2.05) is 0 Å². The van der Waals surface area contributed by atoms with Crippen LogP contribution in [0.4, 0.5) is 13.2 Å². The summed E-state index contributed by atoms with van der Waals surface area (Å²) in [4.78, 5) is 14.6. The standard InChI is InChI=1S/C13H7ClF3NO/c14-11-6-5-10(7-19)18-12(11)8-1-3-9(4-2-8)13(15,16)17/h1-7H. The van der Waals surface area contributed by atoms with Gasteiger partial charge in [-0.2, -0.15) is 13.2 Å². The summed E-state index contributed by atoms with van der Waals surface area (Å²) in [5, 5.41) is 0.269. The topological polar surface area (TPSA) is 30.0 Å². The van der Waals surface area contributed by atoms with Crippen molar-refractivity contribution in [2.45, 2.75) is 6.18 Å². The van der Waals surface area contributed by atoms with Crippen LogP contribution < -0.4 is 0 Å². The van der Waals surface area contributed by atoms with Gasteiger partial charge >= 0.3 is 6.18 Å². The van der Waals surface area contributed by atoms with Gasteiger partial charge in [0.15, 0.2) is 6.29 Å². The maximum absolute atomic E-state index is 12.4. The molecule has 2 nitrogen and oxygen atoms in total. The number of carbonyl (C=O) groups is 1. The van der Waals surface area contributed by atoms with E-state index in [4.69, 9.17) is 11.6 Å². The minimum atomic E-state index is -4.39. The first-order chi connectivity index (χ1) is 8.91. The van der Waals surface area contributed by atoms with Crippen molar-refractivity contribution in [1.82, 2.24) is 4.98 Å². The van der Waals surface area contributed by atoms with Gasteiger partial charge in [0, 0.05) is 5.56 Å². The molecule has 0 aliphatic heterocycles. The molecule has 0 bridgehead atoms. The van der Waals surface area contributed by atoms with Crippen molar-refractivity contribution in [3.63, 3.8) is 0 Å². The molecule has 0 unspecified atom stereocenters. The second-order valence-electron chi connectivity index (χ2n) is 3.76. The number of pyridine rings is 1. The van der Waals surface area contributed by atoms with Gasteiger partial charge < -0.3 is 0 Å². The molecule has 98 valence electrons. The summed E-state index contributed by atoms with van der Waals surface area (Å²) < 4.78 is 37.3. The molecule has 0 N–H and O–H groups in total. The summed E-state index contributed by atoms with van der Waals surface area (Å²) in [6.45, 7) is 0. The molecule has 19 heavy (non-hydrogen) atoms. The van der Waals surface area contributed by atoms with Gasteiger partial charge in [-0.05, 0) is 24.3 Å². The van der Waals surface area contributed by atoms with Crippen molar-refractivity contribution in [2.24, 2.45) is 0 Å². The number of hydrogen-bond acceptors (Lipinski definition) is 2. The van der Waals surface area contributed by atoms with Gasteiger partial charge in [0.2, 0.25) is 0 Å². The largest absolute Gasteiger partial charge is 0.416 e. The molecule has 2 aromatic rings. The first kappa shape index (κ1) is 13.5. The highest BCUT2D eigenvalue weighted by atomic mass is 35.5. The van der Waals surface area contributed by atoms with Crippen molar-refractivity contribution >= 4 is 17.9 Å². The Hall–Kier alpha value is -1.88. The molecule has 1 aromatic heterocycles. The lowest BCUT2D eigenvalue weighted by molar-refractivity contribution is -0.137. The average Bonchev–Trinajstić information content (AvgIpc) is 2.38. The maximum Gasteiger partial charge on any atom is 0.416 e. The molecule has 0 atom stereocenters. The van der Waals surface area contributed by atoms with E-state index in [-0.39, 0.29) is 16.4 Å². The maximum atomic E-state index is 12.4. The van der Waals surface area contributed by atoms with Crippen molar-refractivity contribution < 1.29 is 18.0 Å². The van der Waals surface area contributed by atoms with Crippen LogP contribution in [0.1, 0.15) is 16.1 Å². The zero-order chi connectivity index (χ0) is 14.0. The van der Waals surface area contributed by atoms with E-state index >= 15 is 0 Å². The van der Waals surface area contributed by atoms with E-state index in [1.54, 1.807) is 0 Å². The first-order valence-corrected chi connectivity index (χ1v) is 5.59. The average molecular weight is 286 g/mol.